The van der Waals surface area contributed by atoms with Crippen molar-refractivity contribution in [1.82, 2.24) is 0 Å². The van der Waals surface area contributed by atoms with Gasteiger partial charge in [-0.25, -0.2) is 0 Å². The van der Waals surface area contributed by atoms with Gasteiger partial charge in [-0.05, 0) is 42.2 Å². The van der Waals surface area contributed by atoms with E-state index in [4.69, 9.17) is 0 Å². The molecule has 0 spiro atoms. The van der Waals surface area contributed by atoms with E-state index in [1.165, 1.54) is 75.3 Å². The van der Waals surface area contributed by atoms with E-state index < -0.39 is 0 Å². The zero-order valence-electron chi connectivity index (χ0n) is 17.0. The molecule has 0 amide bonds. The Morgan fingerprint density at radius 1 is 1.00 bits per heavy atom. The highest BCUT2D eigenvalue weighted by atomic mass is 14.4. The van der Waals surface area contributed by atoms with Gasteiger partial charge in [0, 0.05) is 0 Å². The van der Waals surface area contributed by atoms with E-state index in [9.17, 15) is 5.26 Å². The maximum absolute atomic E-state index is 10.0. The van der Waals surface area contributed by atoms with Crippen molar-refractivity contribution < 1.29 is 0 Å². The third-order valence-electron chi connectivity index (χ3n) is 6.83. The van der Waals surface area contributed by atoms with Gasteiger partial charge in [0.15, 0.2) is 0 Å². The van der Waals surface area contributed by atoms with Crippen LogP contribution in [0.2, 0.25) is 0 Å². The first-order valence-corrected chi connectivity index (χ1v) is 11.1. The third kappa shape index (κ3) is 5.13. The number of hydrogen-bond acceptors (Lipinski definition) is 1. The number of allylic oxidation sites excluding steroid dienone is 4. The fraction of sp³-hybridized carbons (Fsp3) is 0.577. The van der Waals surface area contributed by atoms with Crippen LogP contribution >= 0.6 is 0 Å². The summed E-state index contributed by atoms with van der Waals surface area (Å²) < 4.78 is 0. The molecule has 0 aromatic heterocycles. The first-order chi connectivity index (χ1) is 13.3. The topological polar surface area (TPSA) is 23.8 Å². The zero-order chi connectivity index (χ0) is 19.0. The second kappa shape index (κ2) is 9.93. The van der Waals surface area contributed by atoms with Crippen LogP contribution in [0.15, 0.2) is 48.6 Å². The molecule has 144 valence electrons. The monoisotopic (exact) mass is 361 g/mol. The Bertz CT molecular complexity index is 670. The quantitative estimate of drug-likeness (QED) is 0.435. The van der Waals surface area contributed by atoms with E-state index in [1.807, 2.05) is 0 Å². The van der Waals surface area contributed by atoms with Gasteiger partial charge in [-0.3, -0.25) is 0 Å². The lowest BCUT2D eigenvalue weighted by Gasteiger charge is -2.38. The highest BCUT2D eigenvalue weighted by Gasteiger charge is 2.39. The summed E-state index contributed by atoms with van der Waals surface area (Å²) in [5.74, 6) is 1.44. The molecule has 1 saturated carbocycles. The van der Waals surface area contributed by atoms with Crippen LogP contribution in [0.5, 0.6) is 0 Å². The molecule has 0 radical (unpaired) electrons. The van der Waals surface area contributed by atoms with Crippen molar-refractivity contribution in [2.24, 2.45) is 17.3 Å². The number of rotatable bonds is 8. The highest BCUT2D eigenvalue weighted by molar-refractivity contribution is 5.75. The van der Waals surface area contributed by atoms with Crippen molar-refractivity contribution in [3.8, 4) is 6.07 Å². The molecule has 0 bridgehead atoms. The van der Waals surface area contributed by atoms with Crippen molar-refractivity contribution in [1.29, 1.82) is 5.26 Å². The summed E-state index contributed by atoms with van der Waals surface area (Å²) in [7, 11) is 0. The minimum atomic E-state index is -0.273. The summed E-state index contributed by atoms with van der Waals surface area (Å²) in [4.78, 5) is 0. The number of benzene rings is 1. The Hall–Kier alpha value is -1.81. The standard InChI is InChI=1S/C26H35N/c1-2-3-4-5-7-10-22-13-15-25(16-14-22)26(21-27)19-17-24(18-20-26)23-11-8-6-9-12-23/h6,8-9,11-12,17-19,22,25H,2-5,7,10,13-16,20H2,1H3. The lowest BCUT2D eigenvalue weighted by Crippen LogP contribution is -2.31. The predicted molar refractivity (Wildman–Crippen MR) is 115 cm³/mol. The van der Waals surface area contributed by atoms with Gasteiger partial charge in [0.2, 0.25) is 0 Å². The maximum Gasteiger partial charge on any atom is 0.0819 e. The molecule has 1 unspecified atom stereocenters. The fourth-order valence-electron chi connectivity index (χ4n) is 4.98. The number of unbranched alkanes of at least 4 members (excludes halogenated alkanes) is 4. The predicted octanol–water partition coefficient (Wildman–Crippen LogP) is 7.71. The summed E-state index contributed by atoms with van der Waals surface area (Å²) >= 11 is 0. The minimum Gasteiger partial charge on any atom is -0.197 e. The molecular formula is C26H35N. The van der Waals surface area contributed by atoms with E-state index in [0.717, 1.165) is 12.3 Å². The van der Waals surface area contributed by atoms with Crippen LogP contribution in [0.1, 0.15) is 83.1 Å². The van der Waals surface area contributed by atoms with Gasteiger partial charge in [-0.15, -0.1) is 0 Å². The second-order valence-electron chi connectivity index (χ2n) is 8.64. The average molecular weight is 362 g/mol. The van der Waals surface area contributed by atoms with Gasteiger partial charge in [0.25, 0.3) is 0 Å². The van der Waals surface area contributed by atoms with Crippen LogP contribution in [0.4, 0.5) is 0 Å². The molecule has 1 heteroatoms. The van der Waals surface area contributed by atoms with Crippen LogP contribution < -0.4 is 0 Å². The molecule has 0 saturated heterocycles. The van der Waals surface area contributed by atoms with Crippen LogP contribution in [0.25, 0.3) is 5.57 Å². The van der Waals surface area contributed by atoms with E-state index in [-0.39, 0.29) is 5.41 Å². The molecule has 3 rings (SSSR count). The van der Waals surface area contributed by atoms with Gasteiger partial charge >= 0.3 is 0 Å². The first kappa shape index (κ1) is 19.9. The third-order valence-corrected chi connectivity index (χ3v) is 6.83. The van der Waals surface area contributed by atoms with Crippen molar-refractivity contribution in [2.45, 2.75) is 77.6 Å². The molecule has 1 aromatic rings. The zero-order valence-corrected chi connectivity index (χ0v) is 17.0. The second-order valence-corrected chi connectivity index (χ2v) is 8.64. The summed E-state index contributed by atoms with van der Waals surface area (Å²) in [6.07, 6.45) is 21.0. The Labute approximate surface area is 166 Å². The van der Waals surface area contributed by atoms with E-state index in [1.54, 1.807) is 0 Å². The summed E-state index contributed by atoms with van der Waals surface area (Å²) in [6.45, 7) is 2.28. The Kier molecular flexibility index (Phi) is 7.33. The molecule has 2 aliphatic rings. The molecule has 1 fully saturated rings. The lowest BCUT2D eigenvalue weighted by atomic mass is 9.64. The average Bonchev–Trinajstić information content (AvgIpc) is 2.75. The number of hydrogen-bond donors (Lipinski definition) is 0. The Balaban J connectivity index is 1.51. The molecule has 0 N–H and O–H groups in total. The largest absolute Gasteiger partial charge is 0.197 e. The normalized spacial score (nSPS) is 27.8. The van der Waals surface area contributed by atoms with E-state index >= 15 is 0 Å². The van der Waals surface area contributed by atoms with Gasteiger partial charge in [0.05, 0.1) is 11.5 Å². The molecule has 2 aliphatic carbocycles. The fourth-order valence-corrected chi connectivity index (χ4v) is 4.98. The lowest BCUT2D eigenvalue weighted by molar-refractivity contribution is 0.180. The molecule has 0 heterocycles. The van der Waals surface area contributed by atoms with Crippen LogP contribution in [0.3, 0.4) is 0 Å². The van der Waals surface area contributed by atoms with Crippen molar-refractivity contribution in [3.05, 3.63) is 54.1 Å². The smallest absolute Gasteiger partial charge is 0.0819 e. The molecular weight excluding hydrogens is 326 g/mol. The maximum atomic E-state index is 10.0. The van der Waals surface area contributed by atoms with E-state index in [0.29, 0.717) is 5.92 Å². The molecule has 1 atom stereocenters. The van der Waals surface area contributed by atoms with Crippen LogP contribution in [0, 0.1) is 28.6 Å². The Morgan fingerprint density at radius 3 is 2.37 bits per heavy atom. The molecule has 1 aromatic carbocycles. The van der Waals surface area contributed by atoms with Gasteiger partial charge in [-0.1, -0.05) is 107 Å². The van der Waals surface area contributed by atoms with Gasteiger partial charge < -0.3 is 0 Å². The number of nitriles is 1. The van der Waals surface area contributed by atoms with Crippen LogP contribution in [-0.2, 0) is 0 Å². The first-order valence-electron chi connectivity index (χ1n) is 11.1. The summed E-state index contributed by atoms with van der Waals surface area (Å²) in [6, 6.07) is 13.2. The van der Waals surface area contributed by atoms with Crippen molar-refractivity contribution >= 4 is 5.57 Å². The molecule has 0 aliphatic heterocycles. The van der Waals surface area contributed by atoms with E-state index in [2.05, 4.69) is 61.6 Å². The summed E-state index contributed by atoms with van der Waals surface area (Å²) in [5.41, 5.74) is 2.25. The van der Waals surface area contributed by atoms with Gasteiger partial charge in [0.1, 0.15) is 0 Å². The summed E-state index contributed by atoms with van der Waals surface area (Å²) in [5, 5.41) is 10.0. The van der Waals surface area contributed by atoms with Gasteiger partial charge in [-0.2, -0.15) is 5.26 Å². The SMILES string of the molecule is CCCCCCCC1CCC(C2(C#N)C=CC(c3ccccc3)=CC2)CC1. The van der Waals surface area contributed by atoms with Crippen LogP contribution in [-0.4, -0.2) is 0 Å². The molecule has 1 nitrogen and oxygen atoms in total. The van der Waals surface area contributed by atoms with Crippen molar-refractivity contribution in [2.75, 3.05) is 0 Å². The highest BCUT2D eigenvalue weighted by Crippen LogP contribution is 2.47. The Morgan fingerprint density at radius 2 is 1.74 bits per heavy atom. The van der Waals surface area contributed by atoms with Crippen molar-refractivity contribution in [3.63, 3.8) is 0 Å². The number of nitrogens with zero attached hydrogens (tertiary/aromatic N) is 1. The molecule has 27 heavy (non-hydrogen) atoms. The minimum absolute atomic E-state index is 0.273.